The summed E-state index contributed by atoms with van der Waals surface area (Å²) in [5.74, 6) is 0. The molecule has 0 nitrogen and oxygen atoms in total. The molecule has 0 unspecified atom stereocenters. The van der Waals surface area contributed by atoms with Crippen LogP contribution in [0.2, 0.25) is 0 Å². The smallest absolute Gasteiger partial charge is 0.0644 e. The van der Waals surface area contributed by atoms with Crippen LogP contribution in [0.5, 0.6) is 0 Å². The van der Waals surface area contributed by atoms with Crippen LogP contribution in [0, 0.1) is 0 Å². The van der Waals surface area contributed by atoms with E-state index in [4.69, 9.17) is 1.37 Å². The van der Waals surface area contributed by atoms with Crippen molar-refractivity contribution in [3.05, 3.63) is 41.8 Å². The number of fused-ring (bicyclic) bond motifs is 1. The van der Waals surface area contributed by atoms with Crippen molar-refractivity contribution >= 4 is 27.5 Å². The zero-order valence-electron chi connectivity index (χ0n) is 7.00. The standard InChI is InChI=1S/C10H8S/c1-2-9-7-8-5-3-4-6-10(8)11-9/h2-7H,1H2/i7D. The molecule has 0 saturated carbocycles. The number of rotatable bonds is 1. The maximum Gasteiger partial charge on any atom is 0.0644 e. The molecule has 0 spiro atoms. The largest absolute Gasteiger partial charge is 0.136 e. The van der Waals surface area contributed by atoms with Gasteiger partial charge in [-0.15, -0.1) is 11.3 Å². The summed E-state index contributed by atoms with van der Waals surface area (Å²) in [5, 5.41) is 1.03. The molecule has 0 atom stereocenters. The third-order valence-electron chi connectivity index (χ3n) is 1.55. The maximum absolute atomic E-state index is 7.76. The van der Waals surface area contributed by atoms with Crippen LogP contribution in [0.3, 0.4) is 0 Å². The summed E-state index contributed by atoms with van der Waals surface area (Å²) in [4.78, 5) is 0.955. The molecule has 0 aliphatic carbocycles. The van der Waals surface area contributed by atoms with E-state index in [9.17, 15) is 0 Å². The minimum atomic E-state index is 0.602. The first kappa shape index (κ1) is 5.56. The first-order chi connectivity index (χ1) is 5.83. The SMILES string of the molecule is [2H]c1c(C=C)sc2ccccc12. The van der Waals surface area contributed by atoms with E-state index < -0.39 is 0 Å². The van der Waals surface area contributed by atoms with E-state index in [2.05, 4.69) is 6.58 Å². The van der Waals surface area contributed by atoms with Crippen LogP contribution in [0.4, 0.5) is 0 Å². The van der Waals surface area contributed by atoms with Gasteiger partial charge in [0.25, 0.3) is 0 Å². The monoisotopic (exact) mass is 161 g/mol. The van der Waals surface area contributed by atoms with Gasteiger partial charge in [0.05, 0.1) is 1.37 Å². The second-order valence-corrected chi connectivity index (χ2v) is 3.38. The van der Waals surface area contributed by atoms with E-state index in [1.165, 1.54) is 0 Å². The Hall–Kier alpha value is -1.08. The molecule has 2 rings (SSSR count). The van der Waals surface area contributed by atoms with Crippen molar-refractivity contribution in [3.63, 3.8) is 0 Å². The molecule has 0 aliphatic heterocycles. The van der Waals surface area contributed by atoms with Crippen LogP contribution in [0.25, 0.3) is 16.2 Å². The van der Waals surface area contributed by atoms with Crippen LogP contribution in [-0.4, -0.2) is 0 Å². The lowest BCUT2D eigenvalue weighted by Gasteiger charge is -1.82. The van der Waals surface area contributed by atoms with Gasteiger partial charge < -0.3 is 0 Å². The van der Waals surface area contributed by atoms with E-state index in [1.807, 2.05) is 24.3 Å². The molecule has 0 aliphatic rings. The summed E-state index contributed by atoms with van der Waals surface area (Å²) in [6.45, 7) is 3.68. The molecule has 1 aromatic heterocycles. The molecular weight excluding hydrogens is 152 g/mol. The van der Waals surface area contributed by atoms with E-state index in [0.717, 1.165) is 15.0 Å². The fraction of sp³-hybridized carbons (Fsp3) is 0. The number of benzene rings is 1. The fourth-order valence-electron chi connectivity index (χ4n) is 1.03. The molecule has 1 heterocycles. The van der Waals surface area contributed by atoms with Crippen LogP contribution < -0.4 is 0 Å². The predicted octanol–water partition coefficient (Wildman–Crippen LogP) is 3.54. The number of hydrogen-bond donors (Lipinski definition) is 0. The molecule has 0 N–H and O–H groups in total. The van der Waals surface area contributed by atoms with Crippen LogP contribution in [0.1, 0.15) is 6.25 Å². The molecule has 54 valence electrons. The minimum Gasteiger partial charge on any atom is -0.136 e. The van der Waals surface area contributed by atoms with Crippen molar-refractivity contribution in [1.82, 2.24) is 0 Å². The molecule has 0 radical (unpaired) electrons. The van der Waals surface area contributed by atoms with Crippen LogP contribution in [-0.2, 0) is 0 Å². The number of hydrogen-bond acceptors (Lipinski definition) is 1. The Morgan fingerprint density at radius 2 is 2.27 bits per heavy atom. The van der Waals surface area contributed by atoms with Gasteiger partial charge in [0.15, 0.2) is 0 Å². The Labute approximate surface area is 71.2 Å². The molecule has 1 aromatic carbocycles. The molecular formula is C10H8S. The summed E-state index contributed by atoms with van der Waals surface area (Å²) in [6, 6.07) is 8.56. The van der Waals surface area contributed by atoms with Gasteiger partial charge in [-0.1, -0.05) is 30.9 Å². The molecule has 0 bridgehead atoms. The van der Waals surface area contributed by atoms with Crippen molar-refractivity contribution in [2.75, 3.05) is 0 Å². The first-order valence-electron chi connectivity index (χ1n) is 3.93. The third-order valence-corrected chi connectivity index (χ3v) is 2.61. The predicted molar refractivity (Wildman–Crippen MR) is 51.9 cm³/mol. The highest BCUT2D eigenvalue weighted by atomic mass is 32.1. The van der Waals surface area contributed by atoms with Crippen LogP contribution >= 0.6 is 11.3 Å². The van der Waals surface area contributed by atoms with Crippen LogP contribution in [0.15, 0.2) is 36.9 Å². The van der Waals surface area contributed by atoms with E-state index in [-0.39, 0.29) is 0 Å². The second kappa shape index (κ2) is 2.51. The third kappa shape index (κ3) is 1.08. The van der Waals surface area contributed by atoms with Gasteiger partial charge >= 0.3 is 0 Å². The van der Waals surface area contributed by atoms with Gasteiger partial charge in [0.1, 0.15) is 0 Å². The summed E-state index contributed by atoms with van der Waals surface area (Å²) in [6.07, 6.45) is 1.74. The van der Waals surface area contributed by atoms with Crippen molar-refractivity contribution < 1.29 is 1.37 Å². The van der Waals surface area contributed by atoms with Crippen molar-refractivity contribution in [2.45, 2.75) is 0 Å². The average molecular weight is 161 g/mol. The fourth-order valence-corrected chi connectivity index (χ4v) is 1.89. The number of thiophene rings is 1. The van der Waals surface area contributed by atoms with Crippen molar-refractivity contribution in [3.8, 4) is 0 Å². The lowest BCUT2D eigenvalue weighted by molar-refractivity contribution is 1.85. The lowest BCUT2D eigenvalue weighted by atomic mass is 10.2. The molecule has 11 heavy (non-hydrogen) atoms. The highest BCUT2D eigenvalue weighted by molar-refractivity contribution is 7.19. The van der Waals surface area contributed by atoms with Gasteiger partial charge in [-0.3, -0.25) is 0 Å². The summed E-state index contributed by atoms with van der Waals surface area (Å²) >= 11 is 1.62. The molecule has 1 heteroatoms. The lowest BCUT2D eigenvalue weighted by Crippen LogP contribution is -1.56. The Morgan fingerprint density at radius 1 is 1.45 bits per heavy atom. The quantitative estimate of drug-likeness (QED) is 0.600. The summed E-state index contributed by atoms with van der Waals surface area (Å²) in [7, 11) is 0. The first-order valence-corrected chi connectivity index (χ1v) is 4.25. The Kier molecular flexibility index (Phi) is 1.27. The van der Waals surface area contributed by atoms with Gasteiger partial charge in [-0.2, -0.15) is 0 Å². The highest BCUT2D eigenvalue weighted by Gasteiger charge is 1.95. The maximum atomic E-state index is 7.76. The summed E-state index contributed by atoms with van der Waals surface area (Å²) < 4.78 is 8.92. The molecule has 0 saturated heterocycles. The normalized spacial score (nSPS) is 11.5. The summed E-state index contributed by atoms with van der Waals surface area (Å²) in [5.41, 5.74) is 0. The van der Waals surface area contributed by atoms with Gasteiger partial charge in [-0.25, -0.2) is 0 Å². The Bertz CT molecular complexity index is 428. The molecule has 0 fully saturated rings. The molecule has 0 amide bonds. The van der Waals surface area contributed by atoms with Crippen molar-refractivity contribution in [1.29, 1.82) is 0 Å². The van der Waals surface area contributed by atoms with E-state index in [0.29, 0.717) is 6.04 Å². The Balaban J connectivity index is 2.87. The van der Waals surface area contributed by atoms with Gasteiger partial charge in [-0.05, 0) is 17.5 Å². The van der Waals surface area contributed by atoms with E-state index in [1.54, 1.807) is 17.4 Å². The minimum absolute atomic E-state index is 0.602. The van der Waals surface area contributed by atoms with Gasteiger partial charge in [0, 0.05) is 9.58 Å². The zero-order valence-corrected chi connectivity index (χ0v) is 6.82. The second-order valence-electron chi connectivity index (χ2n) is 2.29. The topological polar surface area (TPSA) is 0 Å². The molecule has 2 aromatic rings. The van der Waals surface area contributed by atoms with Gasteiger partial charge in [0.2, 0.25) is 0 Å². The highest BCUT2D eigenvalue weighted by Crippen LogP contribution is 2.25. The average Bonchev–Trinajstić information content (AvgIpc) is 2.44. The Morgan fingerprint density at radius 3 is 3.00 bits per heavy atom. The van der Waals surface area contributed by atoms with Crippen molar-refractivity contribution in [2.24, 2.45) is 0 Å². The van der Waals surface area contributed by atoms with E-state index >= 15 is 0 Å². The zero-order chi connectivity index (χ0) is 8.55.